The lowest BCUT2D eigenvalue weighted by atomic mass is 10.0. The molecule has 0 radical (unpaired) electrons. The summed E-state index contributed by atoms with van der Waals surface area (Å²) < 4.78 is 0.626. The number of carboxylic acid groups (broad SMARTS) is 1. The summed E-state index contributed by atoms with van der Waals surface area (Å²) in [6, 6.07) is 2.89. The van der Waals surface area contributed by atoms with Gasteiger partial charge in [0.25, 0.3) is 0 Å². The number of rotatable bonds is 6. The minimum atomic E-state index is -0.968. The molecule has 0 aliphatic rings. The van der Waals surface area contributed by atoms with E-state index in [1.165, 1.54) is 11.3 Å². The molecule has 1 atom stereocenters. The van der Waals surface area contributed by atoms with Crippen LogP contribution in [0.5, 0.6) is 0 Å². The number of aliphatic carboxylic acids is 1. The van der Waals surface area contributed by atoms with Gasteiger partial charge < -0.3 is 10.4 Å². The number of amides is 3. The summed E-state index contributed by atoms with van der Waals surface area (Å²) >= 11 is 7.09. The van der Waals surface area contributed by atoms with Gasteiger partial charge in [-0.2, -0.15) is 0 Å². The Hall–Kier alpha value is -1.60. The van der Waals surface area contributed by atoms with Crippen molar-refractivity contribution in [2.45, 2.75) is 26.3 Å². The van der Waals surface area contributed by atoms with Crippen LogP contribution in [0.3, 0.4) is 0 Å². The van der Waals surface area contributed by atoms with Crippen molar-refractivity contribution >= 4 is 40.8 Å². The second-order valence-corrected chi connectivity index (χ2v) is 6.14. The lowest BCUT2D eigenvalue weighted by Crippen LogP contribution is -2.39. The van der Waals surface area contributed by atoms with E-state index in [0.717, 1.165) is 4.88 Å². The zero-order chi connectivity index (χ0) is 15.1. The molecule has 20 heavy (non-hydrogen) atoms. The molecule has 0 fully saturated rings. The Labute approximate surface area is 125 Å². The van der Waals surface area contributed by atoms with Crippen molar-refractivity contribution < 1.29 is 19.5 Å². The van der Waals surface area contributed by atoms with Crippen molar-refractivity contribution in [3.63, 3.8) is 0 Å². The molecule has 0 bridgehead atoms. The standard InChI is InChI=1S/C12H15ClN2O4S/c1-7(5-11(17)18)4-10(16)15-12(19)14-6-8-2-3-9(13)20-8/h2-3,7H,4-6H2,1H3,(H,17,18)(H2,14,15,16,19). The highest BCUT2D eigenvalue weighted by Crippen LogP contribution is 2.20. The highest BCUT2D eigenvalue weighted by atomic mass is 35.5. The monoisotopic (exact) mass is 318 g/mol. The van der Waals surface area contributed by atoms with Gasteiger partial charge in [0.1, 0.15) is 0 Å². The number of carboxylic acids is 1. The van der Waals surface area contributed by atoms with Gasteiger partial charge in [0.15, 0.2) is 0 Å². The fourth-order valence-corrected chi connectivity index (χ4v) is 2.55. The van der Waals surface area contributed by atoms with E-state index in [1.54, 1.807) is 19.1 Å². The predicted molar refractivity (Wildman–Crippen MR) is 75.7 cm³/mol. The molecule has 1 unspecified atom stereocenters. The minimum absolute atomic E-state index is 0.00937. The van der Waals surface area contributed by atoms with Crippen molar-refractivity contribution in [3.05, 3.63) is 21.3 Å². The lowest BCUT2D eigenvalue weighted by molar-refractivity contribution is -0.138. The molecule has 0 aliphatic heterocycles. The number of thiophene rings is 1. The molecule has 0 saturated heterocycles. The molecule has 1 aromatic heterocycles. The van der Waals surface area contributed by atoms with Crippen molar-refractivity contribution in [1.29, 1.82) is 0 Å². The molecule has 3 amide bonds. The number of hydrogen-bond acceptors (Lipinski definition) is 4. The van der Waals surface area contributed by atoms with Crippen molar-refractivity contribution in [2.75, 3.05) is 0 Å². The van der Waals surface area contributed by atoms with Crippen molar-refractivity contribution in [3.8, 4) is 0 Å². The molecule has 1 heterocycles. The van der Waals surface area contributed by atoms with Crippen molar-refractivity contribution in [2.24, 2.45) is 5.92 Å². The summed E-state index contributed by atoms with van der Waals surface area (Å²) in [5.74, 6) is -1.79. The largest absolute Gasteiger partial charge is 0.481 e. The van der Waals surface area contributed by atoms with Gasteiger partial charge in [0.2, 0.25) is 5.91 Å². The first-order chi connectivity index (χ1) is 9.36. The summed E-state index contributed by atoms with van der Waals surface area (Å²) in [4.78, 5) is 34.3. The number of carbonyl (C=O) groups is 3. The third-order valence-corrected chi connectivity index (χ3v) is 3.59. The Bertz CT molecular complexity index is 503. The lowest BCUT2D eigenvalue weighted by Gasteiger charge is -2.09. The molecule has 0 aliphatic carbocycles. The van der Waals surface area contributed by atoms with E-state index in [2.05, 4.69) is 10.6 Å². The van der Waals surface area contributed by atoms with Crippen LogP contribution in [0.4, 0.5) is 4.79 Å². The molecule has 0 saturated carbocycles. The van der Waals surface area contributed by atoms with E-state index in [0.29, 0.717) is 4.34 Å². The van der Waals surface area contributed by atoms with Gasteiger partial charge in [-0.1, -0.05) is 18.5 Å². The summed E-state index contributed by atoms with van der Waals surface area (Å²) in [5, 5.41) is 13.2. The maximum Gasteiger partial charge on any atom is 0.321 e. The average molecular weight is 319 g/mol. The fraction of sp³-hybridized carbons (Fsp3) is 0.417. The third kappa shape index (κ3) is 6.53. The first-order valence-electron chi connectivity index (χ1n) is 5.90. The first kappa shape index (κ1) is 16.5. The number of urea groups is 1. The zero-order valence-electron chi connectivity index (χ0n) is 10.8. The zero-order valence-corrected chi connectivity index (χ0v) is 12.4. The van der Waals surface area contributed by atoms with E-state index in [4.69, 9.17) is 16.7 Å². The summed E-state index contributed by atoms with van der Waals surface area (Å²) in [6.07, 6.45) is -0.118. The van der Waals surface area contributed by atoms with Gasteiger partial charge in [0, 0.05) is 17.7 Å². The van der Waals surface area contributed by atoms with E-state index in [1.807, 2.05) is 0 Å². The predicted octanol–water partition coefficient (Wildman–Crippen LogP) is 2.23. The summed E-state index contributed by atoms with van der Waals surface area (Å²) in [7, 11) is 0. The first-order valence-corrected chi connectivity index (χ1v) is 7.10. The van der Waals surface area contributed by atoms with Crippen LogP contribution >= 0.6 is 22.9 Å². The minimum Gasteiger partial charge on any atom is -0.481 e. The Morgan fingerprint density at radius 3 is 2.60 bits per heavy atom. The Morgan fingerprint density at radius 1 is 1.35 bits per heavy atom. The second kappa shape index (κ2) is 7.86. The van der Waals surface area contributed by atoms with Gasteiger partial charge in [-0.05, 0) is 18.1 Å². The maximum atomic E-state index is 11.5. The average Bonchev–Trinajstić information content (AvgIpc) is 2.71. The van der Waals surface area contributed by atoms with Crippen LogP contribution in [0, 0.1) is 5.92 Å². The Balaban J connectivity index is 2.27. The molecule has 0 spiro atoms. The second-order valence-electron chi connectivity index (χ2n) is 4.34. The van der Waals surface area contributed by atoms with E-state index in [-0.39, 0.29) is 25.3 Å². The van der Waals surface area contributed by atoms with E-state index in [9.17, 15) is 14.4 Å². The molecular weight excluding hydrogens is 304 g/mol. The van der Waals surface area contributed by atoms with Crippen LogP contribution < -0.4 is 10.6 Å². The number of carbonyl (C=O) groups excluding carboxylic acids is 2. The molecule has 8 heteroatoms. The quantitative estimate of drug-likeness (QED) is 0.749. The maximum absolute atomic E-state index is 11.5. The van der Waals surface area contributed by atoms with Crippen LogP contribution in [0.25, 0.3) is 0 Å². The van der Waals surface area contributed by atoms with Gasteiger partial charge in [-0.3, -0.25) is 14.9 Å². The Morgan fingerprint density at radius 2 is 2.05 bits per heavy atom. The highest BCUT2D eigenvalue weighted by Gasteiger charge is 2.14. The van der Waals surface area contributed by atoms with Gasteiger partial charge in [0.05, 0.1) is 10.9 Å². The summed E-state index contributed by atoms with van der Waals surface area (Å²) in [6.45, 7) is 1.92. The molecule has 0 aromatic carbocycles. The highest BCUT2D eigenvalue weighted by molar-refractivity contribution is 7.16. The number of imide groups is 1. The smallest absolute Gasteiger partial charge is 0.321 e. The SMILES string of the molecule is CC(CC(=O)O)CC(=O)NC(=O)NCc1ccc(Cl)s1. The van der Waals surface area contributed by atoms with Crippen LogP contribution in [0.2, 0.25) is 4.34 Å². The molecule has 1 rings (SSSR count). The van der Waals surface area contributed by atoms with Gasteiger partial charge >= 0.3 is 12.0 Å². The van der Waals surface area contributed by atoms with Gasteiger partial charge in [-0.15, -0.1) is 11.3 Å². The fourth-order valence-electron chi connectivity index (χ4n) is 1.52. The number of nitrogens with one attached hydrogen (secondary N) is 2. The molecule has 110 valence electrons. The molecule has 1 aromatic rings. The topological polar surface area (TPSA) is 95.5 Å². The van der Waals surface area contributed by atoms with Crippen LogP contribution in [0.15, 0.2) is 12.1 Å². The van der Waals surface area contributed by atoms with E-state index >= 15 is 0 Å². The Kier molecular flexibility index (Phi) is 6.47. The van der Waals surface area contributed by atoms with Crippen LogP contribution in [-0.4, -0.2) is 23.0 Å². The van der Waals surface area contributed by atoms with Crippen molar-refractivity contribution in [1.82, 2.24) is 10.6 Å². The van der Waals surface area contributed by atoms with Crippen LogP contribution in [0.1, 0.15) is 24.6 Å². The molecular formula is C12H15ClN2O4S. The third-order valence-electron chi connectivity index (χ3n) is 2.36. The molecule has 6 nitrogen and oxygen atoms in total. The van der Waals surface area contributed by atoms with Crippen LogP contribution in [-0.2, 0) is 16.1 Å². The normalized spacial score (nSPS) is 11.7. The number of halogens is 1. The van der Waals surface area contributed by atoms with Gasteiger partial charge in [-0.25, -0.2) is 4.79 Å². The molecule has 3 N–H and O–H groups in total. The van der Waals surface area contributed by atoms with E-state index < -0.39 is 17.9 Å². The summed E-state index contributed by atoms with van der Waals surface area (Å²) in [5.41, 5.74) is 0. The number of hydrogen-bond donors (Lipinski definition) is 3.